The fourth-order valence-corrected chi connectivity index (χ4v) is 1.97. The minimum Gasteiger partial charge on any atom is -0.467 e. The first-order valence-corrected chi connectivity index (χ1v) is 5.54. The van der Waals surface area contributed by atoms with Crippen molar-refractivity contribution >= 4 is 17.5 Å². The van der Waals surface area contributed by atoms with Crippen LogP contribution in [0.1, 0.15) is 19.3 Å². The van der Waals surface area contributed by atoms with Crippen LogP contribution in [0.5, 0.6) is 6.01 Å². The van der Waals surface area contributed by atoms with Crippen LogP contribution >= 0.6 is 11.6 Å². The van der Waals surface area contributed by atoms with E-state index in [1.165, 1.54) is 7.11 Å². The van der Waals surface area contributed by atoms with E-state index in [2.05, 4.69) is 20.3 Å². The van der Waals surface area contributed by atoms with Crippen molar-refractivity contribution in [3.63, 3.8) is 0 Å². The molecule has 0 aromatic carbocycles. The summed E-state index contributed by atoms with van der Waals surface area (Å²) in [7, 11) is 1.48. The van der Waals surface area contributed by atoms with Crippen molar-refractivity contribution in [3.05, 3.63) is 5.28 Å². The predicted octanol–water partition coefficient (Wildman–Crippen LogP) is 0.825. The minimum absolute atomic E-state index is 0.112. The van der Waals surface area contributed by atoms with Crippen molar-refractivity contribution in [1.82, 2.24) is 15.0 Å². The molecule has 0 spiro atoms. The zero-order valence-corrected chi connectivity index (χ0v) is 9.74. The Morgan fingerprint density at radius 1 is 1.38 bits per heavy atom. The molecule has 7 heteroatoms. The monoisotopic (exact) mass is 243 g/mol. The number of hydrogen-bond donors (Lipinski definition) is 2. The molecule has 1 heterocycles. The summed E-state index contributed by atoms with van der Waals surface area (Å²) < 4.78 is 4.91. The standard InChI is InChI=1S/C9H14ClN5O/c1-16-9-14-7(10)13-8(15-9)12-6-4-2-3-5(6)11/h5-6H,2-4,11H2,1H3,(H,12,13,14,15). The largest absolute Gasteiger partial charge is 0.467 e. The second-order valence-electron chi connectivity index (χ2n) is 3.76. The second-order valence-corrected chi connectivity index (χ2v) is 4.10. The summed E-state index contributed by atoms with van der Waals surface area (Å²) in [4.78, 5) is 11.8. The van der Waals surface area contributed by atoms with Crippen molar-refractivity contribution < 1.29 is 4.74 Å². The lowest BCUT2D eigenvalue weighted by molar-refractivity contribution is 0.378. The number of aromatic nitrogens is 3. The van der Waals surface area contributed by atoms with Gasteiger partial charge in [-0.3, -0.25) is 0 Å². The number of rotatable bonds is 3. The van der Waals surface area contributed by atoms with Gasteiger partial charge in [0.25, 0.3) is 0 Å². The zero-order valence-electron chi connectivity index (χ0n) is 8.98. The van der Waals surface area contributed by atoms with E-state index in [0.29, 0.717) is 5.95 Å². The summed E-state index contributed by atoms with van der Waals surface area (Å²) in [5.41, 5.74) is 5.94. The summed E-state index contributed by atoms with van der Waals surface area (Å²) in [5.74, 6) is 0.416. The number of nitrogens with zero attached hydrogens (tertiary/aromatic N) is 3. The number of anilines is 1. The lowest BCUT2D eigenvalue weighted by Gasteiger charge is -2.16. The van der Waals surface area contributed by atoms with E-state index >= 15 is 0 Å². The molecule has 1 saturated carbocycles. The van der Waals surface area contributed by atoms with E-state index < -0.39 is 0 Å². The molecule has 1 aromatic heterocycles. The molecule has 2 rings (SSSR count). The number of halogens is 1. The average molecular weight is 244 g/mol. The highest BCUT2D eigenvalue weighted by molar-refractivity contribution is 6.28. The van der Waals surface area contributed by atoms with Crippen LogP contribution < -0.4 is 15.8 Å². The summed E-state index contributed by atoms with van der Waals surface area (Å²) in [6.45, 7) is 0. The van der Waals surface area contributed by atoms with Crippen LogP contribution in [0.15, 0.2) is 0 Å². The number of ether oxygens (including phenoxy) is 1. The molecule has 3 N–H and O–H groups in total. The van der Waals surface area contributed by atoms with Gasteiger partial charge in [-0.05, 0) is 30.9 Å². The van der Waals surface area contributed by atoms with Gasteiger partial charge in [-0.15, -0.1) is 0 Å². The SMILES string of the molecule is COc1nc(Cl)nc(NC2CCCC2N)n1. The Balaban J connectivity index is 2.11. The summed E-state index contributed by atoms with van der Waals surface area (Å²) >= 11 is 5.74. The average Bonchev–Trinajstić information content (AvgIpc) is 2.63. The third-order valence-corrected chi connectivity index (χ3v) is 2.82. The van der Waals surface area contributed by atoms with Gasteiger partial charge in [0.1, 0.15) is 0 Å². The lowest BCUT2D eigenvalue weighted by Crippen LogP contribution is -2.35. The number of hydrogen-bond acceptors (Lipinski definition) is 6. The molecule has 6 nitrogen and oxygen atoms in total. The topological polar surface area (TPSA) is 86.0 Å². The van der Waals surface area contributed by atoms with E-state index in [0.717, 1.165) is 19.3 Å². The number of nitrogens with two attached hydrogens (primary N) is 1. The molecule has 2 atom stereocenters. The first-order valence-electron chi connectivity index (χ1n) is 5.16. The quantitative estimate of drug-likeness (QED) is 0.818. The Bertz CT molecular complexity index is 375. The fourth-order valence-electron chi connectivity index (χ4n) is 1.82. The maximum absolute atomic E-state index is 5.94. The Morgan fingerprint density at radius 2 is 2.19 bits per heavy atom. The van der Waals surface area contributed by atoms with Gasteiger partial charge in [0.05, 0.1) is 7.11 Å². The number of nitrogens with one attached hydrogen (secondary N) is 1. The first-order chi connectivity index (χ1) is 7.69. The molecular formula is C9H14ClN5O. The molecule has 16 heavy (non-hydrogen) atoms. The molecule has 1 aromatic rings. The molecule has 1 aliphatic carbocycles. The third-order valence-electron chi connectivity index (χ3n) is 2.65. The van der Waals surface area contributed by atoms with Crippen LogP contribution in [0, 0.1) is 0 Å². The molecule has 2 unspecified atom stereocenters. The molecule has 1 aliphatic rings. The Kier molecular flexibility index (Phi) is 3.40. The van der Waals surface area contributed by atoms with E-state index in [1.807, 2.05) is 0 Å². The maximum atomic E-state index is 5.94. The highest BCUT2D eigenvalue weighted by atomic mass is 35.5. The molecule has 0 radical (unpaired) electrons. The van der Waals surface area contributed by atoms with Crippen LogP contribution in [0.4, 0.5) is 5.95 Å². The highest BCUT2D eigenvalue weighted by Gasteiger charge is 2.24. The van der Waals surface area contributed by atoms with Crippen molar-refractivity contribution in [3.8, 4) is 6.01 Å². The molecule has 0 saturated heterocycles. The van der Waals surface area contributed by atoms with Crippen molar-refractivity contribution in [2.75, 3.05) is 12.4 Å². The molecule has 0 bridgehead atoms. The molecule has 0 aliphatic heterocycles. The molecule has 1 fully saturated rings. The third kappa shape index (κ3) is 2.51. The van der Waals surface area contributed by atoms with Gasteiger partial charge in [0, 0.05) is 12.1 Å². The zero-order chi connectivity index (χ0) is 11.5. The molecule has 88 valence electrons. The van der Waals surface area contributed by atoms with E-state index in [9.17, 15) is 0 Å². The fraction of sp³-hybridized carbons (Fsp3) is 0.667. The van der Waals surface area contributed by atoms with Gasteiger partial charge in [0.15, 0.2) is 0 Å². The van der Waals surface area contributed by atoms with Gasteiger partial charge >= 0.3 is 6.01 Å². The van der Waals surface area contributed by atoms with Crippen molar-refractivity contribution in [2.45, 2.75) is 31.3 Å². The Hall–Kier alpha value is -1.14. The summed E-state index contributed by atoms with van der Waals surface area (Å²) in [6.07, 6.45) is 3.16. The van der Waals surface area contributed by atoms with E-state index in [-0.39, 0.29) is 23.4 Å². The van der Waals surface area contributed by atoms with Gasteiger partial charge in [-0.2, -0.15) is 15.0 Å². The highest BCUT2D eigenvalue weighted by Crippen LogP contribution is 2.21. The van der Waals surface area contributed by atoms with Gasteiger partial charge in [-0.25, -0.2) is 0 Å². The predicted molar refractivity (Wildman–Crippen MR) is 60.6 cm³/mol. The maximum Gasteiger partial charge on any atom is 0.322 e. The Morgan fingerprint density at radius 3 is 2.81 bits per heavy atom. The van der Waals surface area contributed by atoms with E-state index in [4.69, 9.17) is 22.1 Å². The summed E-state index contributed by atoms with van der Waals surface area (Å²) in [5, 5.41) is 3.27. The normalized spacial score (nSPS) is 24.4. The van der Waals surface area contributed by atoms with Gasteiger partial charge in [-0.1, -0.05) is 0 Å². The first kappa shape index (κ1) is 11.3. The van der Waals surface area contributed by atoms with Crippen LogP contribution in [-0.2, 0) is 0 Å². The molecular weight excluding hydrogens is 230 g/mol. The second kappa shape index (κ2) is 4.80. The lowest BCUT2D eigenvalue weighted by atomic mass is 10.2. The van der Waals surface area contributed by atoms with Crippen LogP contribution in [-0.4, -0.2) is 34.1 Å². The van der Waals surface area contributed by atoms with Crippen molar-refractivity contribution in [2.24, 2.45) is 5.73 Å². The van der Waals surface area contributed by atoms with Crippen molar-refractivity contribution in [1.29, 1.82) is 0 Å². The van der Waals surface area contributed by atoms with Gasteiger partial charge in [0.2, 0.25) is 11.2 Å². The molecule has 0 amide bonds. The smallest absolute Gasteiger partial charge is 0.322 e. The van der Waals surface area contributed by atoms with Crippen LogP contribution in [0.25, 0.3) is 0 Å². The Labute approximate surface area is 98.6 Å². The number of methoxy groups -OCH3 is 1. The minimum atomic E-state index is 0.112. The van der Waals surface area contributed by atoms with Crippen LogP contribution in [0.3, 0.4) is 0 Å². The van der Waals surface area contributed by atoms with Gasteiger partial charge < -0.3 is 15.8 Å². The summed E-state index contributed by atoms with van der Waals surface area (Å²) in [6, 6.07) is 0.541. The van der Waals surface area contributed by atoms with Crippen LogP contribution in [0.2, 0.25) is 5.28 Å². The van der Waals surface area contributed by atoms with E-state index in [1.54, 1.807) is 0 Å².